The Morgan fingerprint density at radius 1 is 1.24 bits per heavy atom. The smallest absolute Gasteiger partial charge is 0.194 e. The third kappa shape index (κ3) is 8.37. The highest BCUT2D eigenvalue weighted by atomic mass is 127. The lowest BCUT2D eigenvalue weighted by Gasteiger charge is -2.21. The monoisotopic (exact) mass is 461 g/mol. The summed E-state index contributed by atoms with van der Waals surface area (Å²) in [5, 5.41) is 3.41. The lowest BCUT2D eigenvalue weighted by atomic mass is 9.99. The van der Waals surface area contributed by atoms with Crippen LogP contribution in [0.25, 0.3) is 0 Å². The van der Waals surface area contributed by atoms with E-state index in [-0.39, 0.29) is 24.0 Å². The fraction of sp³-hybridized carbons (Fsp3) is 0.632. The molecule has 1 heterocycles. The number of methoxy groups -OCH3 is 1. The number of ether oxygens (including phenoxy) is 2. The molecule has 1 N–H and O–H groups in total. The van der Waals surface area contributed by atoms with Crippen molar-refractivity contribution in [1.29, 1.82) is 0 Å². The number of hydrogen-bond donors (Lipinski definition) is 1. The number of guanidine groups is 1. The largest absolute Gasteiger partial charge is 0.382 e. The summed E-state index contributed by atoms with van der Waals surface area (Å²) in [4.78, 5) is 7.08. The van der Waals surface area contributed by atoms with E-state index >= 15 is 0 Å². The van der Waals surface area contributed by atoms with Crippen molar-refractivity contribution in [2.75, 3.05) is 53.1 Å². The molecule has 0 aliphatic carbocycles. The van der Waals surface area contributed by atoms with Crippen LogP contribution in [0.5, 0.6) is 0 Å². The number of aliphatic imine (C=N–C) groups is 1. The summed E-state index contributed by atoms with van der Waals surface area (Å²) in [6.45, 7) is 7.75. The van der Waals surface area contributed by atoms with Gasteiger partial charge in [-0.05, 0) is 31.2 Å². The fourth-order valence-electron chi connectivity index (χ4n) is 3.03. The topological polar surface area (TPSA) is 46.1 Å². The van der Waals surface area contributed by atoms with E-state index in [0.29, 0.717) is 32.3 Å². The van der Waals surface area contributed by atoms with Crippen molar-refractivity contribution >= 4 is 29.9 Å². The van der Waals surface area contributed by atoms with E-state index in [1.165, 1.54) is 12.0 Å². The molecule has 0 radical (unpaired) electrons. The zero-order chi connectivity index (χ0) is 17.0. The molecule has 0 saturated carbocycles. The molecule has 0 bridgehead atoms. The number of benzene rings is 1. The quantitative estimate of drug-likeness (QED) is 0.266. The maximum atomic E-state index is 5.49. The molecule has 0 amide bonds. The first kappa shape index (κ1) is 22.2. The van der Waals surface area contributed by atoms with E-state index in [9.17, 15) is 0 Å². The van der Waals surface area contributed by atoms with Gasteiger partial charge in [-0.3, -0.25) is 4.99 Å². The summed E-state index contributed by atoms with van der Waals surface area (Å²) in [6.07, 6.45) is 2.38. The summed E-state index contributed by atoms with van der Waals surface area (Å²) in [7, 11) is 1.68. The highest BCUT2D eigenvalue weighted by Gasteiger charge is 2.24. The Balaban J connectivity index is 0.00000312. The molecule has 1 aromatic carbocycles. The molecule has 1 atom stereocenters. The first-order chi connectivity index (χ1) is 11.8. The second-order valence-electron chi connectivity index (χ2n) is 6.13. The summed E-state index contributed by atoms with van der Waals surface area (Å²) in [5.74, 6) is 1.72. The minimum Gasteiger partial charge on any atom is -0.382 e. The van der Waals surface area contributed by atoms with Crippen LogP contribution in [-0.2, 0) is 15.9 Å². The number of nitrogens with one attached hydrogen (secondary N) is 1. The van der Waals surface area contributed by atoms with Gasteiger partial charge in [-0.2, -0.15) is 0 Å². The van der Waals surface area contributed by atoms with Crippen LogP contribution in [0.3, 0.4) is 0 Å². The van der Waals surface area contributed by atoms with E-state index in [4.69, 9.17) is 14.5 Å². The van der Waals surface area contributed by atoms with Crippen LogP contribution < -0.4 is 5.32 Å². The Bertz CT molecular complexity index is 485. The van der Waals surface area contributed by atoms with Crippen molar-refractivity contribution in [3.8, 4) is 0 Å². The third-order valence-electron chi connectivity index (χ3n) is 4.22. The van der Waals surface area contributed by atoms with Crippen molar-refractivity contribution in [2.45, 2.75) is 19.8 Å². The van der Waals surface area contributed by atoms with Crippen LogP contribution in [0, 0.1) is 5.92 Å². The molecule has 1 fully saturated rings. The Morgan fingerprint density at radius 2 is 2.04 bits per heavy atom. The maximum Gasteiger partial charge on any atom is 0.194 e. The van der Waals surface area contributed by atoms with Crippen LogP contribution in [-0.4, -0.2) is 64.0 Å². The lowest BCUT2D eigenvalue weighted by Crippen LogP contribution is -2.40. The average Bonchev–Trinajstić information content (AvgIpc) is 3.06. The molecule has 0 aromatic heterocycles. The zero-order valence-corrected chi connectivity index (χ0v) is 17.8. The van der Waals surface area contributed by atoms with Gasteiger partial charge in [0.25, 0.3) is 0 Å². The molecular weight excluding hydrogens is 429 g/mol. The number of hydrogen-bond acceptors (Lipinski definition) is 3. The van der Waals surface area contributed by atoms with Crippen molar-refractivity contribution in [1.82, 2.24) is 10.2 Å². The van der Waals surface area contributed by atoms with Gasteiger partial charge in [0.05, 0.1) is 26.4 Å². The molecule has 2 rings (SSSR count). The minimum atomic E-state index is 0. The molecular formula is C19H32IN3O2. The summed E-state index contributed by atoms with van der Waals surface area (Å²) < 4.78 is 10.5. The predicted molar refractivity (Wildman–Crippen MR) is 114 cm³/mol. The number of likely N-dealkylation sites (tertiary alicyclic amines) is 1. The van der Waals surface area contributed by atoms with Gasteiger partial charge in [-0.15, -0.1) is 24.0 Å². The van der Waals surface area contributed by atoms with Crippen LogP contribution >= 0.6 is 24.0 Å². The second-order valence-corrected chi connectivity index (χ2v) is 6.13. The van der Waals surface area contributed by atoms with E-state index in [1.807, 2.05) is 0 Å². The van der Waals surface area contributed by atoms with Gasteiger partial charge in [0.15, 0.2) is 5.96 Å². The van der Waals surface area contributed by atoms with Crippen molar-refractivity contribution < 1.29 is 9.47 Å². The van der Waals surface area contributed by atoms with Gasteiger partial charge in [-0.1, -0.05) is 30.3 Å². The molecule has 1 saturated heterocycles. The Morgan fingerprint density at radius 3 is 2.76 bits per heavy atom. The normalized spacial score (nSPS) is 17.4. The van der Waals surface area contributed by atoms with Gasteiger partial charge in [0, 0.05) is 26.7 Å². The number of nitrogens with zero attached hydrogens (tertiary/aromatic N) is 2. The average molecular weight is 461 g/mol. The van der Waals surface area contributed by atoms with Gasteiger partial charge in [-0.25, -0.2) is 0 Å². The number of halogens is 1. The van der Waals surface area contributed by atoms with E-state index < -0.39 is 0 Å². The van der Waals surface area contributed by atoms with Gasteiger partial charge < -0.3 is 19.7 Å². The second kappa shape index (κ2) is 13.4. The van der Waals surface area contributed by atoms with Crippen LogP contribution in [0.15, 0.2) is 35.3 Å². The molecule has 142 valence electrons. The Kier molecular flexibility index (Phi) is 11.9. The summed E-state index contributed by atoms with van der Waals surface area (Å²) in [6, 6.07) is 10.8. The Labute approximate surface area is 169 Å². The fourth-order valence-corrected chi connectivity index (χ4v) is 3.03. The van der Waals surface area contributed by atoms with Crippen LogP contribution in [0.4, 0.5) is 0 Å². The molecule has 6 heteroatoms. The summed E-state index contributed by atoms with van der Waals surface area (Å²) >= 11 is 0. The lowest BCUT2D eigenvalue weighted by molar-refractivity contribution is 0.0747. The first-order valence-corrected chi connectivity index (χ1v) is 8.97. The van der Waals surface area contributed by atoms with E-state index in [0.717, 1.165) is 32.0 Å². The highest BCUT2D eigenvalue weighted by molar-refractivity contribution is 14.0. The molecule has 1 aliphatic heterocycles. The predicted octanol–water partition coefficient (Wildman–Crippen LogP) is 2.80. The van der Waals surface area contributed by atoms with E-state index in [1.54, 1.807) is 7.11 Å². The maximum absolute atomic E-state index is 5.49. The van der Waals surface area contributed by atoms with Gasteiger partial charge in [0.2, 0.25) is 0 Å². The zero-order valence-electron chi connectivity index (χ0n) is 15.4. The molecule has 0 spiro atoms. The SMILES string of the molecule is CCNC(=NCCOCCOC)N1CCC(Cc2ccccc2)C1.I. The minimum absolute atomic E-state index is 0. The Hall–Kier alpha value is -0.860. The first-order valence-electron chi connectivity index (χ1n) is 8.97. The van der Waals surface area contributed by atoms with Crippen molar-refractivity contribution in [2.24, 2.45) is 10.9 Å². The van der Waals surface area contributed by atoms with Crippen LogP contribution in [0.1, 0.15) is 18.9 Å². The molecule has 1 unspecified atom stereocenters. The molecule has 1 aliphatic rings. The third-order valence-corrected chi connectivity index (χ3v) is 4.22. The van der Waals surface area contributed by atoms with Gasteiger partial charge in [0.1, 0.15) is 0 Å². The highest BCUT2D eigenvalue weighted by Crippen LogP contribution is 2.20. The molecule has 1 aromatic rings. The molecule has 5 nitrogen and oxygen atoms in total. The number of rotatable bonds is 9. The van der Waals surface area contributed by atoms with Crippen molar-refractivity contribution in [3.63, 3.8) is 0 Å². The van der Waals surface area contributed by atoms with Gasteiger partial charge >= 0.3 is 0 Å². The summed E-state index contributed by atoms with van der Waals surface area (Å²) in [5.41, 5.74) is 1.43. The standard InChI is InChI=1S/C19H31N3O2.HI/c1-3-20-19(21-10-12-24-14-13-23-2)22-11-9-18(16-22)15-17-7-5-4-6-8-17;/h4-8,18H,3,9-16H2,1-2H3,(H,20,21);1H. The van der Waals surface area contributed by atoms with E-state index in [2.05, 4.69) is 47.5 Å². The van der Waals surface area contributed by atoms with Crippen LogP contribution in [0.2, 0.25) is 0 Å². The molecule has 25 heavy (non-hydrogen) atoms. The van der Waals surface area contributed by atoms with Crippen molar-refractivity contribution in [3.05, 3.63) is 35.9 Å².